The number of nitrogens with one attached hydrogen (secondary N) is 1. The number of hydrogen-bond donors (Lipinski definition) is 1. The molecule has 0 aliphatic carbocycles. The van der Waals surface area contributed by atoms with Crippen LogP contribution in [0.2, 0.25) is 0 Å². The molecule has 0 spiro atoms. The van der Waals surface area contributed by atoms with Gasteiger partial charge in [0.15, 0.2) is 0 Å². The molecule has 6 heteroatoms. The van der Waals surface area contributed by atoms with Gasteiger partial charge in [0.25, 0.3) is 11.8 Å². The Hall–Kier alpha value is -2.63. The summed E-state index contributed by atoms with van der Waals surface area (Å²) in [7, 11) is 1.35. The predicted octanol–water partition coefficient (Wildman–Crippen LogP) is 1.94. The van der Waals surface area contributed by atoms with Gasteiger partial charge in [0, 0.05) is 25.8 Å². The van der Waals surface area contributed by atoms with Crippen LogP contribution in [0.3, 0.4) is 0 Å². The van der Waals surface area contributed by atoms with Crippen LogP contribution in [0.25, 0.3) is 6.08 Å². The highest BCUT2D eigenvalue weighted by Crippen LogP contribution is 2.30. The van der Waals surface area contributed by atoms with Crippen LogP contribution in [-0.2, 0) is 16.0 Å². The highest BCUT2D eigenvalue weighted by Gasteiger charge is 2.33. The first-order valence-electron chi connectivity index (χ1n) is 8.24. The van der Waals surface area contributed by atoms with Crippen molar-refractivity contribution in [1.82, 2.24) is 10.2 Å². The Bertz CT molecular complexity index is 739. The summed E-state index contributed by atoms with van der Waals surface area (Å²) in [6.45, 7) is 4.24. The molecule has 126 valence electrons. The van der Waals surface area contributed by atoms with E-state index in [1.807, 2.05) is 18.2 Å². The molecule has 1 saturated heterocycles. The Morgan fingerprint density at radius 1 is 1.25 bits per heavy atom. The minimum Gasteiger partial charge on any atom is -0.371 e. The second-order valence-electron chi connectivity index (χ2n) is 6.16. The van der Waals surface area contributed by atoms with Crippen LogP contribution in [0.1, 0.15) is 30.9 Å². The van der Waals surface area contributed by atoms with Crippen molar-refractivity contribution in [3.05, 3.63) is 34.9 Å². The summed E-state index contributed by atoms with van der Waals surface area (Å²) >= 11 is 0. The molecular formula is C18H21N3O3. The molecule has 2 aliphatic heterocycles. The zero-order valence-corrected chi connectivity index (χ0v) is 14.0. The summed E-state index contributed by atoms with van der Waals surface area (Å²) in [4.78, 5) is 38.7. The largest absolute Gasteiger partial charge is 0.371 e. The third kappa shape index (κ3) is 2.91. The third-order valence-electron chi connectivity index (χ3n) is 4.49. The molecule has 3 rings (SSSR count). The Morgan fingerprint density at radius 2 is 2.04 bits per heavy atom. The maximum absolute atomic E-state index is 12.1. The molecule has 2 aliphatic rings. The number of hydrogen-bond acceptors (Lipinski definition) is 4. The third-order valence-corrected chi connectivity index (χ3v) is 4.49. The van der Waals surface area contributed by atoms with Crippen LogP contribution in [-0.4, -0.2) is 42.9 Å². The number of nitrogens with zero attached hydrogens (tertiary/aromatic N) is 2. The molecule has 2 heterocycles. The second-order valence-corrected chi connectivity index (χ2v) is 6.16. The first kappa shape index (κ1) is 16.2. The van der Waals surface area contributed by atoms with Gasteiger partial charge in [-0.3, -0.25) is 19.8 Å². The van der Waals surface area contributed by atoms with Gasteiger partial charge >= 0.3 is 6.03 Å². The number of benzene rings is 1. The summed E-state index contributed by atoms with van der Waals surface area (Å²) < 4.78 is 0. The van der Waals surface area contributed by atoms with Crippen molar-refractivity contribution >= 4 is 29.6 Å². The normalized spacial score (nSPS) is 19.1. The molecule has 1 fully saturated rings. The summed E-state index contributed by atoms with van der Waals surface area (Å²) in [5, 5.41) is 2.16. The number of barbiturate groups is 1. The van der Waals surface area contributed by atoms with Crippen LogP contribution in [0.5, 0.6) is 0 Å². The minimum atomic E-state index is -0.692. The number of urea groups is 1. The quantitative estimate of drug-likeness (QED) is 0.678. The number of carbonyl (C=O) groups is 3. The summed E-state index contributed by atoms with van der Waals surface area (Å²) in [6, 6.07) is 5.28. The molecule has 0 atom stereocenters. The van der Waals surface area contributed by atoms with E-state index in [1.165, 1.54) is 31.1 Å². The summed E-state index contributed by atoms with van der Waals surface area (Å²) in [5.41, 5.74) is 3.25. The fraction of sp³-hybridized carbons (Fsp3) is 0.389. The van der Waals surface area contributed by atoms with Crippen molar-refractivity contribution in [3.63, 3.8) is 0 Å². The number of carbonyl (C=O) groups excluding carboxylic acids is 3. The smallest absolute Gasteiger partial charge is 0.331 e. The Balaban J connectivity index is 1.85. The van der Waals surface area contributed by atoms with E-state index in [9.17, 15) is 14.4 Å². The van der Waals surface area contributed by atoms with Gasteiger partial charge in [0.2, 0.25) is 0 Å². The lowest BCUT2D eigenvalue weighted by molar-refractivity contribution is -0.129. The van der Waals surface area contributed by atoms with Crippen LogP contribution < -0.4 is 10.2 Å². The van der Waals surface area contributed by atoms with Gasteiger partial charge in [-0.25, -0.2) is 4.79 Å². The van der Waals surface area contributed by atoms with Crippen molar-refractivity contribution in [2.75, 3.05) is 25.0 Å². The van der Waals surface area contributed by atoms with Crippen molar-refractivity contribution < 1.29 is 14.4 Å². The number of likely N-dealkylation sites (N-methyl/N-ethyl adjacent to an activating group) is 1. The maximum Gasteiger partial charge on any atom is 0.331 e. The molecule has 24 heavy (non-hydrogen) atoms. The lowest BCUT2D eigenvalue weighted by Gasteiger charge is -2.22. The first-order chi connectivity index (χ1) is 11.5. The molecular weight excluding hydrogens is 306 g/mol. The van der Waals surface area contributed by atoms with Crippen molar-refractivity contribution in [1.29, 1.82) is 0 Å². The molecule has 0 saturated carbocycles. The molecule has 4 amide bonds. The van der Waals surface area contributed by atoms with Crippen LogP contribution in [0.4, 0.5) is 10.5 Å². The zero-order valence-electron chi connectivity index (χ0n) is 14.0. The van der Waals surface area contributed by atoms with E-state index in [2.05, 4.69) is 17.1 Å². The zero-order chi connectivity index (χ0) is 17.3. The topological polar surface area (TPSA) is 69.7 Å². The summed E-state index contributed by atoms with van der Waals surface area (Å²) in [6.07, 6.45) is 4.85. The predicted molar refractivity (Wildman–Crippen MR) is 91.6 cm³/mol. The van der Waals surface area contributed by atoms with Gasteiger partial charge in [-0.05, 0) is 42.2 Å². The van der Waals surface area contributed by atoms with Crippen molar-refractivity contribution in [2.24, 2.45) is 0 Å². The first-order valence-corrected chi connectivity index (χ1v) is 8.24. The van der Waals surface area contributed by atoms with Crippen molar-refractivity contribution in [3.8, 4) is 0 Å². The fourth-order valence-corrected chi connectivity index (χ4v) is 3.07. The fourth-order valence-electron chi connectivity index (χ4n) is 3.07. The van der Waals surface area contributed by atoms with Gasteiger partial charge in [-0.2, -0.15) is 0 Å². The molecule has 0 radical (unpaired) electrons. The number of unbranched alkanes of at least 4 members (excludes halogenated alkanes) is 1. The number of anilines is 1. The number of fused-ring (bicyclic) bond motifs is 1. The molecule has 0 bridgehead atoms. The van der Waals surface area contributed by atoms with E-state index in [0.717, 1.165) is 30.0 Å². The van der Waals surface area contributed by atoms with Gasteiger partial charge in [0.05, 0.1) is 0 Å². The van der Waals surface area contributed by atoms with E-state index >= 15 is 0 Å². The minimum absolute atomic E-state index is 0.0158. The summed E-state index contributed by atoms with van der Waals surface area (Å²) in [5.74, 6) is -1.22. The van der Waals surface area contributed by atoms with Gasteiger partial charge in [0.1, 0.15) is 5.57 Å². The van der Waals surface area contributed by atoms with Crippen LogP contribution in [0, 0.1) is 0 Å². The van der Waals surface area contributed by atoms with Crippen molar-refractivity contribution in [2.45, 2.75) is 26.2 Å². The van der Waals surface area contributed by atoms with Gasteiger partial charge in [-0.15, -0.1) is 0 Å². The average molecular weight is 327 g/mol. The molecule has 6 nitrogen and oxygen atoms in total. The average Bonchev–Trinajstić information content (AvgIpc) is 2.97. The highest BCUT2D eigenvalue weighted by molar-refractivity contribution is 6.30. The molecule has 1 aromatic rings. The molecule has 0 aromatic heterocycles. The Kier molecular flexibility index (Phi) is 4.38. The monoisotopic (exact) mass is 327 g/mol. The van der Waals surface area contributed by atoms with E-state index in [0.29, 0.717) is 0 Å². The molecule has 0 unspecified atom stereocenters. The second kappa shape index (κ2) is 6.47. The Morgan fingerprint density at radius 3 is 2.79 bits per heavy atom. The van der Waals surface area contributed by atoms with E-state index in [-0.39, 0.29) is 5.57 Å². The number of amides is 4. The molecule has 1 aromatic carbocycles. The molecule has 1 N–H and O–H groups in total. The van der Waals surface area contributed by atoms with E-state index in [1.54, 1.807) is 6.08 Å². The maximum atomic E-state index is 12.1. The van der Waals surface area contributed by atoms with Gasteiger partial charge < -0.3 is 4.90 Å². The lowest BCUT2D eigenvalue weighted by atomic mass is 10.0. The van der Waals surface area contributed by atoms with Gasteiger partial charge in [-0.1, -0.05) is 19.4 Å². The SMILES string of the molecule is CCCCN1CCc2cc(/C=C3/C(=O)NC(=O)N(C)C3=O)ccc21. The standard InChI is InChI=1S/C18H21N3O3/c1-3-4-8-21-9-7-13-10-12(5-6-15(13)21)11-14-16(22)19-18(24)20(2)17(14)23/h5-6,10-11H,3-4,7-9H2,1-2H3,(H,19,22,24)/b14-11-. The van der Waals surface area contributed by atoms with E-state index in [4.69, 9.17) is 0 Å². The highest BCUT2D eigenvalue weighted by atomic mass is 16.2. The Labute approximate surface area is 141 Å². The van der Waals surface area contributed by atoms with E-state index < -0.39 is 17.8 Å². The lowest BCUT2D eigenvalue weighted by Crippen LogP contribution is -2.52. The number of imide groups is 2. The van der Waals surface area contributed by atoms with Crippen LogP contribution in [0.15, 0.2) is 23.8 Å². The van der Waals surface area contributed by atoms with Crippen LogP contribution >= 0.6 is 0 Å². The number of rotatable bonds is 4.